The van der Waals surface area contributed by atoms with Crippen LogP contribution in [0.25, 0.3) is 0 Å². The second kappa shape index (κ2) is 8.62. The molecule has 1 unspecified atom stereocenters. The van der Waals surface area contributed by atoms with Crippen LogP contribution in [-0.2, 0) is 6.42 Å². The summed E-state index contributed by atoms with van der Waals surface area (Å²) in [7, 11) is 0. The molecule has 0 amide bonds. The number of hydrogen-bond donors (Lipinski definition) is 0. The summed E-state index contributed by atoms with van der Waals surface area (Å²) < 4.78 is 0. The molecule has 1 heterocycles. The van der Waals surface area contributed by atoms with Crippen LogP contribution < -0.4 is 0 Å². The third kappa shape index (κ3) is 4.38. The smallest absolute Gasteiger partial charge is 0.0758 e. The fourth-order valence-corrected chi connectivity index (χ4v) is 2.38. The molecule has 0 radical (unpaired) electrons. The van der Waals surface area contributed by atoms with Crippen molar-refractivity contribution in [2.45, 2.75) is 65.6 Å². The van der Waals surface area contributed by atoms with Gasteiger partial charge in [0.25, 0.3) is 0 Å². The van der Waals surface area contributed by atoms with E-state index in [2.05, 4.69) is 25.9 Å². The van der Waals surface area contributed by atoms with Gasteiger partial charge in [-0.15, -0.1) is 0 Å². The van der Waals surface area contributed by atoms with E-state index in [4.69, 9.17) is 0 Å². The van der Waals surface area contributed by atoms with E-state index in [1.165, 1.54) is 18.5 Å². The van der Waals surface area contributed by atoms with Crippen molar-refractivity contribution in [3.05, 3.63) is 22.8 Å². The fraction of sp³-hybridized carbons (Fsp3) is 0.714. The van der Waals surface area contributed by atoms with Crippen molar-refractivity contribution < 1.29 is 0 Å². The monoisotopic (exact) mass is 300 g/mol. The minimum atomic E-state index is 0.419. The first-order valence-corrected chi connectivity index (χ1v) is 7.58. The standard InChI is InChI=1S/C10H13BrN2.2C2H6/c1-6-7(2)13-10-8(11)4-3-5-9(10)12-6;2*1-2/h8H,3-5H2,1-2H3;2*1-2H3. The van der Waals surface area contributed by atoms with Crippen molar-refractivity contribution in [2.75, 3.05) is 0 Å². The fourth-order valence-electron chi connectivity index (χ4n) is 1.69. The van der Waals surface area contributed by atoms with Crippen LogP contribution in [0.5, 0.6) is 0 Å². The molecule has 0 spiro atoms. The average molecular weight is 301 g/mol. The van der Waals surface area contributed by atoms with Crippen LogP contribution in [0, 0.1) is 13.8 Å². The number of aryl methyl sites for hydroxylation is 3. The average Bonchev–Trinajstić information content (AvgIpc) is 2.37. The van der Waals surface area contributed by atoms with Crippen LogP contribution >= 0.6 is 15.9 Å². The van der Waals surface area contributed by atoms with Crippen molar-refractivity contribution in [1.82, 2.24) is 9.97 Å². The molecule has 0 fully saturated rings. The van der Waals surface area contributed by atoms with Crippen molar-refractivity contribution in [1.29, 1.82) is 0 Å². The maximum absolute atomic E-state index is 4.58. The maximum atomic E-state index is 4.58. The lowest BCUT2D eigenvalue weighted by atomic mass is 10.00. The third-order valence-corrected chi connectivity index (χ3v) is 3.47. The Kier molecular flexibility index (Phi) is 8.40. The number of halogens is 1. The van der Waals surface area contributed by atoms with Gasteiger partial charge in [0.1, 0.15) is 0 Å². The van der Waals surface area contributed by atoms with Crippen molar-refractivity contribution in [3.63, 3.8) is 0 Å². The molecule has 2 nitrogen and oxygen atoms in total. The van der Waals surface area contributed by atoms with Gasteiger partial charge in [-0.2, -0.15) is 0 Å². The minimum Gasteiger partial charge on any atom is -0.254 e. The molecule has 2 rings (SSSR count). The molecule has 17 heavy (non-hydrogen) atoms. The van der Waals surface area contributed by atoms with Gasteiger partial charge in [0.2, 0.25) is 0 Å². The van der Waals surface area contributed by atoms with Gasteiger partial charge in [0.05, 0.1) is 27.6 Å². The molecule has 1 atom stereocenters. The first kappa shape index (κ1) is 16.6. The molecule has 98 valence electrons. The summed E-state index contributed by atoms with van der Waals surface area (Å²) in [5.74, 6) is 0. The summed E-state index contributed by atoms with van der Waals surface area (Å²) in [5.41, 5.74) is 4.48. The Morgan fingerprint density at radius 2 is 1.53 bits per heavy atom. The topological polar surface area (TPSA) is 25.8 Å². The molecule has 0 bridgehead atoms. The SMILES string of the molecule is CC.CC.Cc1nc2c(nc1C)C(Br)CCC2. The quantitative estimate of drug-likeness (QED) is 0.636. The number of hydrogen-bond acceptors (Lipinski definition) is 2. The Morgan fingerprint density at radius 3 is 2.12 bits per heavy atom. The predicted molar refractivity (Wildman–Crippen MR) is 78.8 cm³/mol. The number of fused-ring (bicyclic) bond motifs is 1. The molecule has 0 aliphatic heterocycles. The largest absolute Gasteiger partial charge is 0.254 e. The van der Waals surface area contributed by atoms with E-state index < -0.39 is 0 Å². The van der Waals surface area contributed by atoms with Crippen LogP contribution in [0.4, 0.5) is 0 Å². The maximum Gasteiger partial charge on any atom is 0.0758 e. The lowest BCUT2D eigenvalue weighted by Gasteiger charge is -2.19. The van der Waals surface area contributed by atoms with Gasteiger partial charge in [-0.1, -0.05) is 43.6 Å². The molecule has 0 saturated carbocycles. The van der Waals surface area contributed by atoms with E-state index in [0.29, 0.717) is 4.83 Å². The number of alkyl halides is 1. The first-order valence-electron chi connectivity index (χ1n) is 6.66. The molecule has 0 aromatic carbocycles. The van der Waals surface area contributed by atoms with Crippen LogP contribution in [0.1, 0.15) is 68.1 Å². The molecule has 3 heteroatoms. The summed E-state index contributed by atoms with van der Waals surface area (Å²) >= 11 is 3.64. The third-order valence-electron chi connectivity index (χ3n) is 2.58. The second-order valence-electron chi connectivity index (χ2n) is 3.59. The van der Waals surface area contributed by atoms with Gasteiger partial charge in [-0.05, 0) is 33.1 Å². The van der Waals surface area contributed by atoms with Gasteiger partial charge >= 0.3 is 0 Å². The molecule has 1 aromatic heterocycles. The summed E-state index contributed by atoms with van der Waals surface area (Å²) in [6, 6.07) is 0. The minimum absolute atomic E-state index is 0.419. The Labute approximate surface area is 114 Å². The lowest BCUT2D eigenvalue weighted by Crippen LogP contribution is -2.12. The van der Waals surface area contributed by atoms with E-state index in [1.807, 2.05) is 41.5 Å². The van der Waals surface area contributed by atoms with E-state index >= 15 is 0 Å². The Morgan fingerprint density at radius 1 is 1.00 bits per heavy atom. The van der Waals surface area contributed by atoms with Crippen LogP contribution in [0.2, 0.25) is 0 Å². The van der Waals surface area contributed by atoms with Crippen LogP contribution in [0.15, 0.2) is 0 Å². The molecule has 1 aliphatic rings. The number of rotatable bonds is 0. The summed E-state index contributed by atoms with van der Waals surface area (Å²) in [6.45, 7) is 12.1. The molecule has 1 aromatic rings. The van der Waals surface area contributed by atoms with E-state index in [1.54, 1.807) is 0 Å². The Hall–Kier alpha value is -0.440. The predicted octanol–water partition coefficient (Wildman–Crippen LogP) is 4.92. The highest BCUT2D eigenvalue weighted by molar-refractivity contribution is 9.09. The highest BCUT2D eigenvalue weighted by Gasteiger charge is 2.20. The van der Waals surface area contributed by atoms with Crippen molar-refractivity contribution >= 4 is 15.9 Å². The molecular weight excluding hydrogens is 276 g/mol. The zero-order chi connectivity index (χ0) is 13.4. The first-order chi connectivity index (χ1) is 8.18. The summed E-state index contributed by atoms with van der Waals surface area (Å²) in [4.78, 5) is 9.58. The molecular formula is C14H25BrN2. The van der Waals surface area contributed by atoms with Crippen molar-refractivity contribution in [2.24, 2.45) is 0 Å². The zero-order valence-corrected chi connectivity index (χ0v) is 13.6. The lowest BCUT2D eigenvalue weighted by molar-refractivity contribution is 0.638. The van der Waals surface area contributed by atoms with E-state index in [9.17, 15) is 0 Å². The van der Waals surface area contributed by atoms with Crippen LogP contribution in [-0.4, -0.2) is 9.97 Å². The molecule has 1 aliphatic carbocycles. The van der Waals surface area contributed by atoms with E-state index in [-0.39, 0.29) is 0 Å². The highest BCUT2D eigenvalue weighted by atomic mass is 79.9. The summed E-state index contributed by atoms with van der Waals surface area (Å²) in [5, 5.41) is 0. The van der Waals surface area contributed by atoms with Crippen molar-refractivity contribution in [3.8, 4) is 0 Å². The Balaban J connectivity index is 0.000000581. The zero-order valence-electron chi connectivity index (χ0n) is 12.0. The van der Waals surface area contributed by atoms with E-state index in [0.717, 1.165) is 23.5 Å². The van der Waals surface area contributed by atoms with Crippen LogP contribution in [0.3, 0.4) is 0 Å². The normalized spacial score (nSPS) is 17.0. The van der Waals surface area contributed by atoms with Gasteiger partial charge in [-0.25, -0.2) is 0 Å². The van der Waals surface area contributed by atoms with Gasteiger partial charge in [0, 0.05) is 0 Å². The number of aromatic nitrogens is 2. The van der Waals surface area contributed by atoms with Gasteiger partial charge in [-0.3, -0.25) is 9.97 Å². The summed E-state index contributed by atoms with van der Waals surface area (Å²) in [6.07, 6.45) is 3.50. The highest BCUT2D eigenvalue weighted by Crippen LogP contribution is 2.33. The van der Waals surface area contributed by atoms with Gasteiger partial charge < -0.3 is 0 Å². The molecule has 0 saturated heterocycles. The molecule has 0 N–H and O–H groups in total. The Bertz CT molecular complexity index is 337. The second-order valence-corrected chi connectivity index (χ2v) is 4.69. The van der Waals surface area contributed by atoms with Gasteiger partial charge in [0.15, 0.2) is 0 Å². The number of nitrogens with zero attached hydrogens (tertiary/aromatic N) is 2.